The molecule has 0 saturated carbocycles. The number of nitrogen functional groups attached to an aromatic ring is 1. The van der Waals surface area contributed by atoms with Gasteiger partial charge in [-0.3, -0.25) is 5.41 Å². The first-order chi connectivity index (χ1) is 6.50. The number of guanidine groups is 1. The van der Waals surface area contributed by atoms with Gasteiger partial charge in [0.05, 0.1) is 0 Å². The Balaban J connectivity index is 2.91. The summed E-state index contributed by atoms with van der Waals surface area (Å²) in [6, 6.07) is 3.20. The van der Waals surface area contributed by atoms with Crippen LogP contribution in [0.1, 0.15) is 5.56 Å². The van der Waals surface area contributed by atoms with Crippen molar-refractivity contribution in [3.8, 4) is 0 Å². The van der Waals surface area contributed by atoms with Crippen LogP contribution in [0.5, 0.6) is 0 Å². The molecule has 0 aliphatic rings. The maximum absolute atomic E-state index is 6.98. The van der Waals surface area contributed by atoms with Crippen LogP contribution in [0.25, 0.3) is 0 Å². The normalized spacial score (nSPS) is 9.86. The number of halogens is 2. The first kappa shape index (κ1) is 10.9. The summed E-state index contributed by atoms with van der Waals surface area (Å²) in [6.45, 7) is 0.313. The van der Waals surface area contributed by atoms with Crippen molar-refractivity contribution in [1.82, 2.24) is 5.32 Å². The van der Waals surface area contributed by atoms with Gasteiger partial charge in [0.15, 0.2) is 5.96 Å². The average Bonchev–Trinajstić information content (AvgIpc) is 2.01. The second-order valence-electron chi connectivity index (χ2n) is 2.73. The molecule has 76 valence electrons. The van der Waals surface area contributed by atoms with E-state index in [0.717, 1.165) is 0 Å². The zero-order valence-electron chi connectivity index (χ0n) is 7.27. The van der Waals surface area contributed by atoms with Gasteiger partial charge in [-0.05, 0) is 12.1 Å². The molecule has 0 unspecified atom stereocenters. The maximum atomic E-state index is 6.98. The van der Waals surface area contributed by atoms with E-state index in [1.54, 1.807) is 12.1 Å². The van der Waals surface area contributed by atoms with Crippen LogP contribution in [0.2, 0.25) is 10.0 Å². The van der Waals surface area contributed by atoms with Gasteiger partial charge in [-0.15, -0.1) is 0 Å². The molecule has 0 heterocycles. The molecule has 1 aromatic carbocycles. The van der Waals surface area contributed by atoms with E-state index in [9.17, 15) is 0 Å². The third kappa shape index (κ3) is 2.68. The van der Waals surface area contributed by atoms with Gasteiger partial charge in [0.2, 0.25) is 0 Å². The number of nitrogens with one attached hydrogen (secondary N) is 2. The van der Waals surface area contributed by atoms with Crippen LogP contribution in [0, 0.1) is 5.41 Å². The Morgan fingerprint density at radius 1 is 1.36 bits per heavy atom. The second kappa shape index (κ2) is 4.39. The molecule has 14 heavy (non-hydrogen) atoms. The zero-order valence-corrected chi connectivity index (χ0v) is 8.78. The monoisotopic (exact) mass is 232 g/mol. The minimum Gasteiger partial charge on any atom is -0.399 e. The summed E-state index contributed by atoms with van der Waals surface area (Å²) in [6.07, 6.45) is 0. The van der Waals surface area contributed by atoms with Crippen molar-refractivity contribution in [3.05, 3.63) is 27.7 Å². The summed E-state index contributed by atoms with van der Waals surface area (Å²) in [5.74, 6) is -0.131. The third-order valence-corrected chi connectivity index (χ3v) is 2.29. The van der Waals surface area contributed by atoms with Gasteiger partial charge in [0.1, 0.15) is 0 Å². The number of benzene rings is 1. The molecule has 6 heteroatoms. The van der Waals surface area contributed by atoms with E-state index in [1.165, 1.54) is 0 Å². The van der Waals surface area contributed by atoms with Gasteiger partial charge < -0.3 is 16.8 Å². The molecule has 0 bridgehead atoms. The molecule has 4 nitrogen and oxygen atoms in total. The molecule has 1 rings (SSSR count). The molecule has 0 amide bonds. The van der Waals surface area contributed by atoms with Crippen LogP contribution in [-0.4, -0.2) is 5.96 Å². The van der Waals surface area contributed by atoms with E-state index >= 15 is 0 Å². The highest BCUT2D eigenvalue weighted by atomic mass is 35.5. The highest BCUT2D eigenvalue weighted by molar-refractivity contribution is 6.36. The number of anilines is 1. The largest absolute Gasteiger partial charge is 0.399 e. The molecule has 0 radical (unpaired) electrons. The summed E-state index contributed by atoms with van der Waals surface area (Å²) in [4.78, 5) is 0. The summed E-state index contributed by atoms with van der Waals surface area (Å²) >= 11 is 11.8. The predicted molar refractivity (Wildman–Crippen MR) is 59.6 cm³/mol. The quantitative estimate of drug-likeness (QED) is 0.355. The predicted octanol–water partition coefficient (Wildman–Crippen LogP) is 1.56. The van der Waals surface area contributed by atoms with E-state index in [-0.39, 0.29) is 5.96 Å². The average molecular weight is 233 g/mol. The van der Waals surface area contributed by atoms with Gasteiger partial charge >= 0.3 is 0 Å². The number of nitrogens with two attached hydrogens (primary N) is 2. The molecule has 0 saturated heterocycles. The minimum atomic E-state index is -0.131. The molecular formula is C8H10Cl2N4. The lowest BCUT2D eigenvalue weighted by atomic mass is 10.2. The van der Waals surface area contributed by atoms with Crippen molar-refractivity contribution in [1.29, 1.82) is 5.41 Å². The lowest BCUT2D eigenvalue weighted by molar-refractivity contribution is 0.897. The summed E-state index contributed by atoms with van der Waals surface area (Å²) in [5, 5.41) is 10.5. The van der Waals surface area contributed by atoms with Gasteiger partial charge in [-0.2, -0.15) is 0 Å². The Kier molecular flexibility index (Phi) is 3.43. The van der Waals surface area contributed by atoms with Crippen LogP contribution < -0.4 is 16.8 Å². The zero-order chi connectivity index (χ0) is 10.7. The third-order valence-electron chi connectivity index (χ3n) is 1.62. The van der Waals surface area contributed by atoms with Crippen LogP contribution >= 0.6 is 23.2 Å². The smallest absolute Gasteiger partial charge is 0.185 e. The Labute approximate surface area is 91.7 Å². The van der Waals surface area contributed by atoms with E-state index in [0.29, 0.717) is 27.8 Å². The maximum Gasteiger partial charge on any atom is 0.185 e. The van der Waals surface area contributed by atoms with E-state index in [2.05, 4.69) is 5.32 Å². The van der Waals surface area contributed by atoms with E-state index in [1.807, 2.05) is 0 Å². The molecule has 6 N–H and O–H groups in total. The topological polar surface area (TPSA) is 87.9 Å². The molecule has 0 aliphatic heterocycles. The van der Waals surface area contributed by atoms with Crippen molar-refractivity contribution >= 4 is 34.8 Å². The molecule has 0 atom stereocenters. The van der Waals surface area contributed by atoms with Gasteiger partial charge in [-0.1, -0.05) is 23.2 Å². The van der Waals surface area contributed by atoms with Gasteiger partial charge in [0, 0.05) is 27.8 Å². The number of rotatable bonds is 2. The first-order valence-electron chi connectivity index (χ1n) is 3.82. The van der Waals surface area contributed by atoms with Crippen LogP contribution in [0.4, 0.5) is 5.69 Å². The van der Waals surface area contributed by atoms with Crippen LogP contribution in [0.15, 0.2) is 12.1 Å². The molecule has 0 spiro atoms. The van der Waals surface area contributed by atoms with E-state index < -0.39 is 0 Å². The van der Waals surface area contributed by atoms with E-state index in [4.69, 9.17) is 40.1 Å². The van der Waals surface area contributed by atoms with Gasteiger partial charge in [-0.25, -0.2) is 0 Å². The van der Waals surface area contributed by atoms with Crippen LogP contribution in [-0.2, 0) is 6.54 Å². The number of hydrogen-bond donors (Lipinski definition) is 4. The lowest BCUT2D eigenvalue weighted by Crippen LogP contribution is -2.29. The minimum absolute atomic E-state index is 0.131. The number of hydrogen-bond acceptors (Lipinski definition) is 2. The SMILES string of the molecule is N=C(N)NCc1c(Cl)cc(N)cc1Cl. The fourth-order valence-electron chi connectivity index (χ4n) is 0.975. The van der Waals surface area contributed by atoms with Crippen molar-refractivity contribution in [3.63, 3.8) is 0 Å². The standard InChI is InChI=1S/C8H10Cl2N4/c9-6-1-4(11)2-7(10)5(6)3-14-8(12)13/h1-2H,3,11H2,(H4,12,13,14). The summed E-state index contributed by atoms with van der Waals surface area (Å²) < 4.78 is 0. The highest BCUT2D eigenvalue weighted by Crippen LogP contribution is 2.27. The van der Waals surface area contributed by atoms with Crippen molar-refractivity contribution in [2.45, 2.75) is 6.54 Å². The summed E-state index contributed by atoms with van der Waals surface area (Å²) in [7, 11) is 0. The fraction of sp³-hybridized carbons (Fsp3) is 0.125. The molecule has 0 aliphatic carbocycles. The molecule has 0 fully saturated rings. The van der Waals surface area contributed by atoms with Crippen LogP contribution in [0.3, 0.4) is 0 Å². The Morgan fingerprint density at radius 3 is 2.29 bits per heavy atom. The van der Waals surface area contributed by atoms with Crippen molar-refractivity contribution in [2.24, 2.45) is 5.73 Å². The summed E-state index contributed by atoms with van der Waals surface area (Å²) in [5.41, 5.74) is 11.8. The van der Waals surface area contributed by atoms with Crippen molar-refractivity contribution < 1.29 is 0 Å². The molecule has 1 aromatic rings. The van der Waals surface area contributed by atoms with Crippen molar-refractivity contribution in [2.75, 3.05) is 5.73 Å². The molecule has 0 aromatic heterocycles. The fourth-order valence-corrected chi connectivity index (χ4v) is 1.61. The van der Waals surface area contributed by atoms with Gasteiger partial charge in [0.25, 0.3) is 0 Å². The Bertz CT molecular complexity index is 341. The lowest BCUT2D eigenvalue weighted by Gasteiger charge is -2.09. The molecular weight excluding hydrogens is 223 g/mol. The Morgan fingerprint density at radius 2 is 1.86 bits per heavy atom. The highest BCUT2D eigenvalue weighted by Gasteiger charge is 2.06. The second-order valence-corrected chi connectivity index (χ2v) is 3.54. The first-order valence-corrected chi connectivity index (χ1v) is 4.57. The Hall–Kier alpha value is -1.13.